The summed E-state index contributed by atoms with van der Waals surface area (Å²) in [7, 11) is 0. The summed E-state index contributed by atoms with van der Waals surface area (Å²) < 4.78 is 5.04. The molecule has 0 aliphatic rings. The highest BCUT2D eigenvalue weighted by molar-refractivity contribution is 7.26. The molecule has 0 amide bonds. The van der Waals surface area contributed by atoms with Crippen molar-refractivity contribution in [2.24, 2.45) is 0 Å². The van der Waals surface area contributed by atoms with Crippen LogP contribution in [-0.4, -0.2) is 9.55 Å². The molecule has 0 radical (unpaired) electrons. The maximum atomic E-state index is 9.57. The van der Waals surface area contributed by atoms with Crippen molar-refractivity contribution in [3.05, 3.63) is 133 Å². The third-order valence-corrected chi connectivity index (χ3v) is 8.91. The fourth-order valence-electron chi connectivity index (χ4n) is 5.93. The molecule has 40 heavy (non-hydrogen) atoms. The quantitative estimate of drug-likeness (QED) is 0.229. The number of pyridine rings is 1. The van der Waals surface area contributed by atoms with E-state index in [0.29, 0.717) is 5.69 Å². The van der Waals surface area contributed by atoms with Crippen molar-refractivity contribution in [1.82, 2.24) is 9.55 Å². The van der Waals surface area contributed by atoms with E-state index in [0.717, 1.165) is 27.9 Å². The highest BCUT2D eigenvalue weighted by Gasteiger charge is 2.17. The lowest BCUT2D eigenvalue weighted by molar-refractivity contribution is 1.18. The van der Waals surface area contributed by atoms with E-state index in [9.17, 15) is 5.26 Å². The van der Waals surface area contributed by atoms with Crippen molar-refractivity contribution in [1.29, 1.82) is 5.26 Å². The summed E-state index contributed by atoms with van der Waals surface area (Å²) in [5.41, 5.74) is 8.01. The van der Waals surface area contributed by atoms with E-state index < -0.39 is 0 Å². The van der Waals surface area contributed by atoms with E-state index in [1.165, 1.54) is 42.0 Å². The molecular formula is C36H21N3S. The molecule has 0 aliphatic heterocycles. The van der Waals surface area contributed by atoms with Crippen molar-refractivity contribution in [3.8, 4) is 34.0 Å². The second-order valence-electron chi connectivity index (χ2n) is 9.93. The van der Waals surface area contributed by atoms with Gasteiger partial charge >= 0.3 is 0 Å². The molecule has 0 saturated heterocycles. The minimum atomic E-state index is 0.436. The van der Waals surface area contributed by atoms with Gasteiger partial charge in [0.05, 0.1) is 11.0 Å². The van der Waals surface area contributed by atoms with Gasteiger partial charge in [-0.25, -0.2) is 4.98 Å². The molecule has 4 heteroatoms. The Bertz CT molecular complexity index is 2300. The van der Waals surface area contributed by atoms with Crippen LogP contribution < -0.4 is 0 Å². The number of fused-ring (bicyclic) bond motifs is 7. The van der Waals surface area contributed by atoms with Gasteiger partial charge in [-0.05, 0) is 65.2 Å². The molecule has 186 valence electrons. The first-order chi connectivity index (χ1) is 19.8. The zero-order valence-corrected chi connectivity index (χ0v) is 22.2. The lowest BCUT2D eigenvalue weighted by atomic mass is 9.98. The van der Waals surface area contributed by atoms with Gasteiger partial charge in [-0.3, -0.25) is 0 Å². The molecular weight excluding hydrogens is 506 g/mol. The SMILES string of the molecule is N#Cc1ncccc1-c1cccc(-c2cccc(-n3c4ccccc4c4c5sc6ccccc6c5ccc43)c2)c1. The van der Waals surface area contributed by atoms with E-state index in [1.54, 1.807) is 6.20 Å². The largest absolute Gasteiger partial charge is 0.309 e. The second-order valence-corrected chi connectivity index (χ2v) is 11.0. The molecule has 3 heterocycles. The summed E-state index contributed by atoms with van der Waals surface area (Å²) in [4.78, 5) is 4.25. The Hall–Kier alpha value is -5.24. The van der Waals surface area contributed by atoms with Crippen molar-refractivity contribution in [3.63, 3.8) is 0 Å². The van der Waals surface area contributed by atoms with Gasteiger partial charge in [0.15, 0.2) is 0 Å². The van der Waals surface area contributed by atoms with Gasteiger partial charge < -0.3 is 4.57 Å². The zero-order chi connectivity index (χ0) is 26.6. The first-order valence-electron chi connectivity index (χ1n) is 13.2. The van der Waals surface area contributed by atoms with Crippen LogP contribution in [0.25, 0.3) is 69.9 Å². The maximum absolute atomic E-state index is 9.57. The summed E-state index contributed by atoms with van der Waals surface area (Å²) in [5.74, 6) is 0. The lowest BCUT2D eigenvalue weighted by Gasteiger charge is -2.11. The number of hydrogen-bond acceptors (Lipinski definition) is 3. The molecule has 0 N–H and O–H groups in total. The van der Waals surface area contributed by atoms with Crippen LogP contribution in [0.3, 0.4) is 0 Å². The molecule has 0 fully saturated rings. The number of aromatic nitrogens is 2. The number of thiophene rings is 1. The Kier molecular flexibility index (Phi) is 5.06. The maximum Gasteiger partial charge on any atom is 0.148 e. The predicted octanol–water partition coefficient (Wildman–Crippen LogP) is 9.75. The van der Waals surface area contributed by atoms with Crippen LogP contribution in [0.2, 0.25) is 0 Å². The molecule has 3 nitrogen and oxygen atoms in total. The van der Waals surface area contributed by atoms with Crippen LogP contribution in [0, 0.1) is 11.3 Å². The third kappa shape index (κ3) is 3.39. The van der Waals surface area contributed by atoms with E-state index in [-0.39, 0.29) is 0 Å². The van der Waals surface area contributed by atoms with Gasteiger partial charge in [0.25, 0.3) is 0 Å². The summed E-state index contributed by atoms with van der Waals surface area (Å²) in [6.07, 6.45) is 1.66. The normalized spacial score (nSPS) is 11.5. The summed E-state index contributed by atoms with van der Waals surface area (Å²) in [6.45, 7) is 0. The standard InChI is InChI=1S/C36H21N3S/c37-22-31-27(14-7-19-38-31)25-10-5-8-23(20-25)24-9-6-11-26(21-24)39-32-15-3-1-13-30(32)35-33(39)18-17-29-28-12-2-4-16-34(28)40-36(29)35/h1-21H. The minimum absolute atomic E-state index is 0.436. The molecule has 8 aromatic rings. The smallest absolute Gasteiger partial charge is 0.148 e. The van der Waals surface area contributed by atoms with Crippen molar-refractivity contribution >= 4 is 53.3 Å². The summed E-state index contributed by atoms with van der Waals surface area (Å²) >= 11 is 1.88. The van der Waals surface area contributed by atoms with Crippen LogP contribution in [0.4, 0.5) is 0 Å². The fourth-order valence-corrected chi connectivity index (χ4v) is 7.19. The van der Waals surface area contributed by atoms with Crippen molar-refractivity contribution in [2.75, 3.05) is 0 Å². The van der Waals surface area contributed by atoms with Crippen molar-refractivity contribution in [2.45, 2.75) is 0 Å². The number of para-hydroxylation sites is 1. The van der Waals surface area contributed by atoms with Crippen LogP contribution in [0.5, 0.6) is 0 Å². The van der Waals surface area contributed by atoms with Gasteiger partial charge in [0.1, 0.15) is 11.8 Å². The zero-order valence-electron chi connectivity index (χ0n) is 21.4. The highest BCUT2D eigenvalue weighted by Crippen LogP contribution is 2.43. The molecule has 0 unspecified atom stereocenters. The highest BCUT2D eigenvalue weighted by atomic mass is 32.1. The van der Waals surface area contributed by atoms with Crippen molar-refractivity contribution < 1.29 is 0 Å². The lowest BCUT2D eigenvalue weighted by Crippen LogP contribution is -1.94. The Labute approximate surface area is 234 Å². The molecule has 5 aromatic carbocycles. The van der Waals surface area contributed by atoms with Crippen LogP contribution in [-0.2, 0) is 0 Å². The van der Waals surface area contributed by atoms with Gasteiger partial charge in [-0.1, -0.05) is 72.8 Å². The average molecular weight is 528 g/mol. The van der Waals surface area contributed by atoms with Crippen LogP contribution in [0.15, 0.2) is 128 Å². The Balaban J connectivity index is 1.34. The number of nitriles is 1. The minimum Gasteiger partial charge on any atom is -0.309 e. The molecule has 8 rings (SSSR count). The number of benzene rings is 5. The molecule has 3 aromatic heterocycles. The topological polar surface area (TPSA) is 41.6 Å². The van der Waals surface area contributed by atoms with Gasteiger partial charge in [0, 0.05) is 48.4 Å². The first-order valence-corrected chi connectivity index (χ1v) is 14.0. The van der Waals surface area contributed by atoms with E-state index in [2.05, 4.69) is 113 Å². The molecule has 0 bridgehead atoms. The second kappa shape index (κ2) is 8.91. The fraction of sp³-hybridized carbons (Fsp3) is 0. The Morgan fingerprint density at radius 1 is 0.625 bits per heavy atom. The molecule has 0 atom stereocenters. The van der Waals surface area contributed by atoms with Gasteiger partial charge in [0.2, 0.25) is 0 Å². The van der Waals surface area contributed by atoms with E-state index in [4.69, 9.17) is 0 Å². The summed E-state index contributed by atoms with van der Waals surface area (Å²) in [6, 6.07) is 45.1. The van der Waals surface area contributed by atoms with Gasteiger partial charge in [-0.15, -0.1) is 11.3 Å². The summed E-state index contributed by atoms with van der Waals surface area (Å²) in [5, 5.41) is 14.8. The Morgan fingerprint density at radius 3 is 2.30 bits per heavy atom. The number of rotatable bonds is 3. The van der Waals surface area contributed by atoms with E-state index >= 15 is 0 Å². The number of hydrogen-bond donors (Lipinski definition) is 0. The predicted molar refractivity (Wildman–Crippen MR) is 167 cm³/mol. The monoisotopic (exact) mass is 527 g/mol. The van der Waals surface area contributed by atoms with E-state index in [1.807, 2.05) is 35.6 Å². The van der Waals surface area contributed by atoms with Crippen LogP contribution in [0.1, 0.15) is 5.69 Å². The molecule has 0 aliphatic carbocycles. The molecule has 0 spiro atoms. The molecule has 0 saturated carbocycles. The van der Waals surface area contributed by atoms with Gasteiger partial charge in [-0.2, -0.15) is 5.26 Å². The Morgan fingerprint density at radius 2 is 1.40 bits per heavy atom. The van der Waals surface area contributed by atoms with Crippen LogP contribution >= 0.6 is 11.3 Å². The number of nitrogens with zero attached hydrogens (tertiary/aromatic N) is 3. The first kappa shape index (κ1) is 22.7. The third-order valence-electron chi connectivity index (χ3n) is 7.71. The average Bonchev–Trinajstić information content (AvgIpc) is 3.57.